The molecule has 0 bridgehead atoms. The first-order valence-electron chi connectivity index (χ1n) is 7.94. The van der Waals surface area contributed by atoms with Gasteiger partial charge in [-0.3, -0.25) is 4.79 Å². The number of hydrogen-bond acceptors (Lipinski definition) is 4. The summed E-state index contributed by atoms with van der Waals surface area (Å²) in [6.07, 6.45) is 4.48. The van der Waals surface area contributed by atoms with Crippen molar-refractivity contribution in [1.82, 2.24) is 9.78 Å². The minimum absolute atomic E-state index is 0. The molecule has 130 valence electrons. The van der Waals surface area contributed by atoms with Gasteiger partial charge in [0.1, 0.15) is 5.69 Å². The van der Waals surface area contributed by atoms with Gasteiger partial charge in [-0.05, 0) is 44.1 Å². The fourth-order valence-corrected chi connectivity index (χ4v) is 3.26. The van der Waals surface area contributed by atoms with Crippen LogP contribution in [-0.2, 0) is 6.54 Å². The largest absolute Gasteiger partial charge is 0.373 e. The number of rotatable bonds is 5. The molecule has 0 N–H and O–H groups in total. The molecule has 1 heterocycles. The Hall–Kier alpha value is -1.46. The van der Waals surface area contributed by atoms with Crippen molar-refractivity contribution in [3.05, 3.63) is 40.2 Å². The summed E-state index contributed by atoms with van der Waals surface area (Å²) < 4.78 is 1.66. The molecule has 0 spiro atoms. The molecule has 1 fully saturated rings. The van der Waals surface area contributed by atoms with E-state index in [-0.39, 0.29) is 18.0 Å². The van der Waals surface area contributed by atoms with Gasteiger partial charge in [0, 0.05) is 36.7 Å². The van der Waals surface area contributed by atoms with Crippen LogP contribution in [0.3, 0.4) is 0 Å². The Morgan fingerprint density at radius 2 is 1.88 bits per heavy atom. The van der Waals surface area contributed by atoms with Gasteiger partial charge in [0.05, 0.1) is 5.69 Å². The highest BCUT2D eigenvalue weighted by Crippen LogP contribution is 2.31. The van der Waals surface area contributed by atoms with Crippen LogP contribution in [0.5, 0.6) is 0 Å². The quantitative estimate of drug-likeness (QED) is 0.754. The summed E-state index contributed by atoms with van der Waals surface area (Å²) in [5, 5.41) is 4.69. The summed E-state index contributed by atoms with van der Waals surface area (Å²) in [5.41, 5.74) is 3.67. The molecule has 0 aliphatic heterocycles. The molecule has 4 nitrogen and oxygen atoms in total. The van der Waals surface area contributed by atoms with Gasteiger partial charge in [-0.2, -0.15) is 5.10 Å². The van der Waals surface area contributed by atoms with E-state index in [4.69, 9.17) is 5.10 Å². The molecule has 1 aromatic carbocycles. The normalized spacial score (nSPS) is 13.5. The third kappa shape index (κ3) is 3.78. The van der Waals surface area contributed by atoms with Crippen LogP contribution >= 0.6 is 24.2 Å². The number of benzene rings is 1. The van der Waals surface area contributed by atoms with Crippen LogP contribution in [0.25, 0.3) is 11.3 Å². The average molecular weight is 366 g/mol. The lowest BCUT2D eigenvalue weighted by Gasteiger charge is -2.19. The number of anilines is 1. The smallest absolute Gasteiger partial charge is 0.290 e. The zero-order valence-electron chi connectivity index (χ0n) is 14.6. The van der Waals surface area contributed by atoms with Crippen LogP contribution in [-0.4, -0.2) is 30.1 Å². The third-order valence-electron chi connectivity index (χ3n) is 4.31. The molecule has 0 radical (unpaired) electrons. The Kier molecular flexibility index (Phi) is 5.99. The van der Waals surface area contributed by atoms with Crippen LogP contribution in [0, 0.1) is 12.8 Å². The molecule has 1 aliphatic carbocycles. The molecule has 6 heteroatoms. The maximum Gasteiger partial charge on any atom is 0.290 e. The first-order chi connectivity index (χ1) is 11.0. The Labute approximate surface area is 153 Å². The topological polar surface area (TPSA) is 38.1 Å². The van der Waals surface area contributed by atoms with Crippen LogP contribution in [0.2, 0.25) is 0 Å². The average Bonchev–Trinajstić information content (AvgIpc) is 3.34. The number of halogens is 1. The molecular formula is C18H24ClN3OS. The summed E-state index contributed by atoms with van der Waals surface area (Å²) >= 11 is 1.72. The number of nitrogens with zero attached hydrogens (tertiary/aromatic N) is 3. The van der Waals surface area contributed by atoms with E-state index in [1.165, 1.54) is 17.7 Å². The lowest BCUT2D eigenvalue weighted by Crippen LogP contribution is -2.31. The minimum Gasteiger partial charge on any atom is -0.373 e. The maximum absolute atomic E-state index is 12.7. The monoisotopic (exact) mass is 365 g/mol. The fraction of sp³-hybridized carbons (Fsp3) is 0.444. The molecule has 24 heavy (non-hydrogen) atoms. The molecule has 2 aromatic rings. The van der Waals surface area contributed by atoms with Crippen LogP contribution in [0.1, 0.15) is 18.4 Å². The van der Waals surface area contributed by atoms with Gasteiger partial charge in [-0.1, -0.05) is 12.1 Å². The van der Waals surface area contributed by atoms with Gasteiger partial charge in [0.2, 0.25) is 0 Å². The third-order valence-corrected chi connectivity index (χ3v) is 5.05. The van der Waals surface area contributed by atoms with E-state index >= 15 is 0 Å². The highest BCUT2D eigenvalue weighted by molar-refractivity contribution is 7.98. The predicted octanol–water partition coefficient (Wildman–Crippen LogP) is 3.84. The summed E-state index contributed by atoms with van der Waals surface area (Å²) in [4.78, 5) is 15.9. The van der Waals surface area contributed by atoms with Crippen molar-refractivity contribution in [3.63, 3.8) is 0 Å². The van der Waals surface area contributed by atoms with Gasteiger partial charge in [0.15, 0.2) is 0 Å². The molecule has 0 atom stereocenters. The standard InChI is InChI=1S/C18H23N3OS.ClH/c1-12-16(14-7-9-15(23-4)10-8-14)19-21(11-13-5-6-13)18(22)17(12)20(2)3;/h7-10,13H,5-6,11H2,1-4H3;1H. The Bertz CT molecular complexity index is 767. The highest BCUT2D eigenvalue weighted by atomic mass is 35.5. The van der Waals surface area contributed by atoms with Gasteiger partial charge in [-0.15, -0.1) is 24.2 Å². The van der Waals surface area contributed by atoms with Gasteiger partial charge >= 0.3 is 0 Å². The molecular weight excluding hydrogens is 342 g/mol. The van der Waals surface area contributed by atoms with Crippen molar-refractivity contribution in [2.45, 2.75) is 31.2 Å². The lowest BCUT2D eigenvalue weighted by atomic mass is 10.1. The van der Waals surface area contributed by atoms with E-state index in [1.54, 1.807) is 16.4 Å². The van der Waals surface area contributed by atoms with Crippen molar-refractivity contribution < 1.29 is 0 Å². The van der Waals surface area contributed by atoms with E-state index in [0.29, 0.717) is 5.92 Å². The van der Waals surface area contributed by atoms with E-state index in [2.05, 4.69) is 30.5 Å². The Morgan fingerprint density at radius 3 is 2.38 bits per heavy atom. The summed E-state index contributed by atoms with van der Waals surface area (Å²) in [5.74, 6) is 0.615. The maximum atomic E-state index is 12.7. The molecule has 1 saturated carbocycles. The first-order valence-corrected chi connectivity index (χ1v) is 9.17. The van der Waals surface area contributed by atoms with Crippen molar-refractivity contribution in [2.24, 2.45) is 5.92 Å². The highest BCUT2D eigenvalue weighted by Gasteiger charge is 2.25. The van der Waals surface area contributed by atoms with Crippen LogP contribution in [0.15, 0.2) is 34.0 Å². The van der Waals surface area contributed by atoms with Crippen molar-refractivity contribution >= 4 is 29.9 Å². The van der Waals surface area contributed by atoms with Gasteiger partial charge < -0.3 is 4.90 Å². The Morgan fingerprint density at radius 1 is 1.25 bits per heavy atom. The summed E-state index contributed by atoms with van der Waals surface area (Å²) in [6, 6.07) is 8.39. The molecule has 3 rings (SSSR count). The van der Waals surface area contributed by atoms with Crippen molar-refractivity contribution in [3.8, 4) is 11.3 Å². The van der Waals surface area contributed by atoms with Crippen LogP contribution < -0.4 is 10.5 Å². The number of thioether (sulfide) groups is 1. The van der Waals surface area contributed by atoms with Crippen LogP contribution in [0.4, 0.5) is 5.69 Å². The number of hydrogen-bond donors (Lipinski definition) is 0. The number of aromatic nitrogens is 2. The van der Waals surface area contributed by atoms with E-state index in [1.807, 2.05) is 25.9 Å². The fourth-order valence-electron chi connectivity index (χ4n) is 2.85. The zero-order chi connectivity index (χ0) is 16.6. The lowest BCUT2D eigenvalue weighted by molar-refractivity contribution is 0.534. The van der Waals surface area contributed by atoms with Gasteiger partial charge in [0.25, 0.3) is 5.56 Å². The molecule has 0 saturated heterocycles. The second-order valence-electron chi connectivity index (χ2n) is 6.38. The Balaban J connectivity index is 0.00000208. The summed E-state index contributed by atoms with van der Waals surface area (Å²) in [7, 11) is 3.84. The van der Waals surface area contributed by atoms with E-state index in [9.17, 15) is 4.79 Å². The van der Waals surface area contributed by atoms with Gasteiger partial charge in [-0.25, -0.2) is 4.68 Å². The molecule has 0 amide bonds. The van der Waals surface area contributed by atoms with E-state index in [0.717, 1.165) is 29.1 Å². The zero-order valence-corrected chi connectivity index (χ0v) is 16.2. The second-order valence-corrected chi connectivity index (χ2v) is 7.26. The van der Waals surface area contributed by atoms with Crippen molar-refractivity contribution in [1.29, 1.82) is 0 Å². The predicted molar refractivity (Wildman–Crippen MR) is 105 cm³/mol. The minimum atomic E-state index is 0. The molecule has 0 unspecified atom stereocenters. The van der Waals surface area contributed by atoms with Crippen molar-refractivity contribution in [2.75, 3.05) is 25.3 Å². The molecule has 1 aromatic heterocycles. The SMILES string of the molecule is CSc1ccc(-c2nn(CC3CC3)c(=O)c(N(C)C)c2C)cc1.Cl. The van der Waals surface area contributed by atoms with E-state index < -0.39 is 0 Å². The summed E-state index contributed by atoms with van der Waals surface area (Å²) in [6.45, 7) is 2.72. The second kappa shape index (κ2) is 7.62. The first kappa shape index (κ1) is 18.9. The molecule has 1 aliphatic rings.